The average Bonchev–Trinajstić information content (AvgIpc) is 2.38. The third kappa shape index (κ3) is 6.61. The molecule has 19 heavy (non-hydrogen) atoms. The van der Waals surface area contributed by atoms with Crippen molar-refractivity contribution in [1.29, 1.82) is 5.26 Å². The molecule has 0 aromatic heterocycles. The van der Waals surface area contributed by atoms with Crippen LogP contribution in [0.1, 0.15) is 38.7 Å². The van der Waals surface area contributed by atoms with Gasteiger partial charge < -0.3 is 4.90 Å². The third-order valence-corrected chi connectivity index (χ3v) is 3.51. The predicted octanol–water partition coefficient (Wildman–Crippen LogP) is 4.49. The number of nitrogens with zero attached hydrogens (tertiary/aromatic N) is 2. The van der Waals surface area contributed by atoms with E-state index in [9.17, 15) is 0 Å². The summed E-state index contributed by atoms with van der Waals surface area (Å²) in [5.41, 5.74) is 1.10. The normalized spacial score (nSPS) is 11.6. The molecule has 0 aliphatic carbocycles. The van der Waals surface area contributed by atoms with Gasteiger partial charge in [0.25, 0.3) is 0 Å². The summed E-state index contributed by atoms with van der Waals surface area (Å²) in [4.78, 5) is 2.31. The molecule has 1 aromatic rings. The lowest BCUT2D eigenvalue weighted by Gasteiger charge is -2.18. The van der Waals surface area contributed by atoms with Crippen LogP contribution in [0.25, 0.3) is 0 Å². The molecule has 0 spiro atoms. The molecule has 1 rings (SSSR count). The first-order valence-corrected chi connectivity index (χ1v) is 7.15. The summed E-state index contributed by atoms with van der Waals surface area (Å²) in [7, 11) is 2.13. The Morgan fingerprint density at radius 1 is 1.21 bits per heavy atom. The van der Waals surface area contributed by atoms with Gasteiger partial charge in [0.05, 0.1) is 11.5 Å². The van der Waals surface area contributed by atoms with E-state index in [0.29, 0.717) is 0 Å². The first-order chi connectivity index (χ1) is 8.93. The van der Waals surface area contributed by atoms with Crippen LogP contribution >= 0.6 is 11.6 Å². The standard InChI is InChI=1S/C16H23ClN2/c1-16(2,13-18)10-4-5-11-19(3)12-14-6-8-15(17)9-7-14/h6-9H,4-5,10-12H2,1-3H3. The summed E-state index contributed by atoms with van der Waals surface area (Å²) in [6, 6.07) is 10.3. The van der Waals surface area contributed by atoms with Gasteiger partial charge >= 0.3 is 0 Å². The Balaban J connectivity index is 2.23. The van der Waals surface area contributed by atoms with Crippen LogP contribution in [0.3, 0.4) is 0 Å². The summed E-state index contributed by atoms with van der Waals surface area (Å²) in [6.07, 6.45) is 3.21. The van der Waals surface area contributed by atoms with Crippen LogP contribution in [0.5, 0.6) is 0 Å². The Kier molecular flexibility index (Phi) is 6.34. The van der Waals surface area contributed by atoms with Crippen LogP contribution < -0.4 is 0 Å². The van der Waals surface area contributed by atoms with Crippen molar-refractivity contribution < 1.29 is 0 Å². The van der Waals surface area contributed by atoms with Gasteiger partial charge in [-0.2, -0.15) is 5.26 Å². The average molecular weight is 279 g/mol. The van der Waals surface area contributed by atoms with Gasteiger partial charge in [-0.15, -0.1) is 0 Å². The molecule has 1 aromatic carbocycles. The van der Waals surface area contributed by atoms with Crippen LogP contribution in [0.15, 0.2) is 24.3 Å². The Hall–Kier alpha value is -1.04. The SMILES string of the molecule is CN(CCCCC(C)(C)C#N)Cc1ccc(Cl)cc1. The second kappa shape index (κ2) is 7.53. The topological polar surface area (TPSA) is 27.0 Å². The molecule has 104 valence electrons. The quantitative estimate of drug-likeness (QED) is 0.687. The van der Waals surface area contributed by atoms with Gasteiger partial charge in [-0.1, -0.05) is 30.2 Å². The molecule has 0 radical (unpaired) electrons. The number of rotatable bonds is 7. The van der Waals surface area contributed by atoms with E-state index in [0.717, 1.165) is 37.4 Å². The van der Waals surface area contributed by atoms with E-state index in [2.05, 4.69) is 30.1 Å². The number of hydrogen-bond acceptors (Lipinski definition) is 2. The van der Waals surface area contributed by atoms with E-state index in [4.69, 9.17) is 16.9 Å². The largest absolute Gasteiger partial charge is 0.302 e. The maximum absolute atomic E-state index is 8.95. The van der Waals surface area contributed by atoms with Crippen LogP contribution in [-0.2, 0) is 6.54 Å². The van der Waals surface area contributed by atoms with Crippen molar-refractivity contribution in [2.24, 2.45) is 5.41 Å². The van der Waals surface area contributed by atoms with E-state index >= 15 is 0 Å². The Bertz CT molecular complexity index is 417. The van der Waals surface area contributed by atoms with Crippen LogP contribution in [0.4, 0.5) is 0 Å². The van der Waals surface area contributed by atoms with E-state index < -0.39 is 0 Å². The van der Waals surface area contributed by atoms with Gasteiger partial charge in [0.15, 0.2) is 0 Å². The molecule has 0 heterocycles. The van der Waals surface area contributed by atoms with Crippen LogP contribution in [0.2, 0.25) is 5.02 Å². The summed E-state index contributed by atoms with van der Waals surface area (Å²) in [6.45, 7) is 6.01. The molecule has 2 nitrogen and oxygen atoms in total. The molecular weight excluding hydrogens is 256 g/mol. The zero-order chi connectivity index (χ0) is 14.3. The van der Waals surface area contributed by atoms with E-state index in [-0.39, 0.29) is 5.41 Å². The second-order valence-corrected chi connectivity index (χ2v) is 6.25. The van der Waals surface area contributed by atoms with Crippen molar-refractivity contribution in [2.45, 2.75) is 39.7 Å². The minimum absolute atomic E-state index is 0.186. The fourth-order valence-corrected chi connectivity index (χ4v) is 2.11. The summed E-state index contributed by atoms with van der Waals surface area (Å²) < 4.78 is 0. The maximum atomic E-state index is 8.95. The highest BCUT2D eigenvalue weighted by Crippen LogP contribution is 2.21. The maximum Gasteiger partial charge on any atom is 0.0683 e. The lowest BCUT2D eigenvalue weighted by atomic mass is 9.89. The molecule has 0 saturated heterocycles. The van der Waals surface area contributed by atoms with Gasteiger partial charge in [-0.3, -0.25) is 0 Å². The number of nitriles is 1. The second-order valence-electron chi connectivity index (χ2n) is 5.82. The number of unbranched alkanes of at least 4 members (excludes halogenated alkanes) is 1. The lowest BCUT2D eigenvalue weighted by molar-refractivity contribution is 0.307. The summed E-state index contributed by atoms with van der Waals surface area (Å²) in [5, 5.41) is 9.73. The summed E-state index contributed by atoms with van der Waals surface area (Å²) >= 11 is 5.87. The molecule has 0 saturated carbocycles. The van der Waals surface area contributed by atoms with Gasteiger partial charge in [-0.25, -0.2) is 0 Å². The fraction of sp³-hybridized carbons (Fsp3) is 0.562. The third-order valence-electron chi connectivity index (χ3n) is 3.26. The highest BCUT2D eigenvalue weighted by Gasteiger charge is 2.15. The first-order valence-electron chi connectivity index (χ1n) is 6.77. The zero-order valence-electron chi connectivity index (χ0n) is 12.1. The van der Waals surface area contributed by atoms with E-state index in [1.165, 1.54) is 5.56 Å². The monoisotopic (exact) mass is 278 g/mol. The molecule has 0 unspecified atom stereocenters. The predicted molar refractivity (Wildman–Crippen MR) is 81.0 cm³/mol. The van der Waals surface area contributed by atoms with Crippen molar-refractivity contribution >= 4 is 11.6 Å². The Morgan fingerprint density at radius 2 is 1.84 bits per heavy atom. The molecule has 0 aliphatic rings. The highest BCUT2D eigenvalue weighted by molar-refractivity contribution is 6.30. The van der Waals surface area contributed by atoms with Crippen LogP contribution in [0, 0.1) is 16.7 Å². The molecule has 0 bridgehead atoms. The molecule has 0 aliphatic heterocycles. The van der Waals surface area contributed by atoms with Crippen molar-refractivity contribution in [3.8, 4) is 6.07 Å². The molecule has 0 amide bonds. The molecule has 0 atom stereocenters. The zero-order valence-corrected chi connectivity index (χ0v) is 12.9. The van der Waals surface area contributed by atoms with Crippen molar-refractivity contribution in [1.82, 2.24) is 4.90 Å². The van der Waals surface area contributed by atoms with Crippen molar-refractivity contribution in [3.63, 3.8) is 0 Å². The number of benzene rings is 1. The number of hydrogen-bond donors (Lipinski definition) is 0. The molecular formula is C16H23ClN2. The van der Waals surface area contributed by atoms with Gasteiger partial charge in [0.2, 0.25) is 0 Å². The minimum Gasteiger partial charge on any atom is -0.302 e. The molecule has 3 heteroatoms. The van der Waals surface area contributed by atoms with Crippen LogP contribution in [-0.4, -0.2) is 18.5 Å². The van der Waals surface area contributed by atoms with Crippen molar-refractivity contribution in [2.75, 3.05) is 13.6 Å². The molecule has 0 N–H and O–H groups in total. The first kappa shape index (κ1) is 16.0. The Labute approximate surface area is 122 Å². The smallest absolute Gasteiger partial charge is 0.0683 e. The van der Waals surface area contributed by atoms with E-state index in [1.807, 2.05) is 26.0 Å². The van der Waals surface area contributed by atoms with Gasteiger partial charge in [-0.05, 0) is 58.0 Å². The lowest BCUT2D eigenvalue weighted by Crippen LogP contribution is -2.19. The minimum atomic E-state index is -0.186. The van der Waals surface area contributed by atoms with Crippen molar-refractivity contribution in [3.05, 3.63) is 34.9 Å². The molecule has 0 fully saturated rings. The number of halogens is 1. The van der Waals surface area contributed by atoms with E-state index in [1.54, 1.807) is 0 Å². The van der Waals surface area contributed by atoms with Gasteiger partial charge in [0.1, 0.15) is 0 Å². The fourth-order valence-electron chi connectivity index (χ4n) is 1.99. The summed E-state index contributed by atoms with van der Waals surface area (Å²) in [5.74, 6) is 0. The Morgan fingerprint density at radius 3 is 2.42 bits per heavy atom. The van der Waals surface area contributed by atoms with Gasteiger partial charge in [0, 0.05) is 11.6 Å². The highest BCUT2D eigenvalue weighted by atomic mass is 35.5.